The number of carbonyl (C=O) groups excluding carboxylic acids is 1. The molecule has 0 radical (unpaired) electrons. The summed E-state index contributed by atoms with van der Waals surface area (Å²) in [7, 11) is 0. The van der Waals surface area contributed by atoms with Crippen LogP contribution in [0.1, 0.15) is 18.5 Å². The van der Waals surface area contributed by atoms with Crippen molar-refractivity contribution in [2.75, 3.05) is 11.9 Å². The molecule has 2 rings (SSSR count). The zero-order chi connectivity index (χ0) is 14.9. The molecule has 0 aliphatic carbocycles. The highest BCUT2D eigenvalue weighted by molar-refractivity contribution is 5.82. The fourth-order valence-corrected chi connectivity index (χ4v) is 1.98. The molecule has 0 bridgehead atoms. The van der Waals surface area contributed by atoms with Gasteiger partial charge in [0, 0.05) is 11.8 Å². The molecule has 0 spiro atoms. The smallest absolute Gasteiger partial charge is 0.330 e. The van der Waals surface area contributed by atoms with Gasteiger partial charge in [0.25, 0.3) is 0 Å². The third kappa shape index (κ3) is 4.80. The lowest BCUT2D eigenvalue weighted by molar-refractivity contribution is -0.137. The monoisotopic (exact) mass is 281 g/mol. The standard InChI is InChI=1S/C18H19NO2/c1-2-21-18(20)14-13-17(15-9-5-3-6-10-15)19-16-11-7-4-8-12-16/h3-14,17,19H,2H2,1H3/b14-13+. The van der Waals surface area contributed by atoms with Crippen molar-refractivity contribution in [2.24, 2.45) is 0 Å². The van der Waals surface area contributed by atoms with Crippen molar-refractivity contribution in [1.82, 2.24) is 0 Å². The van der Waals surface area contributed by atoms with E-state index in [2.05, 4.69) is 5.32 Å². The minimum Gasteiger partial charge on any atom is -0.463 e. The van der Waals surface area contributed by atoms with E-state index in [1.165, 1.54) is 6.08 Å². The molecule has 1 unspecified atom stereocenters. The molecule has 3 nitrogen and oxygen atoms in total. The van der Waals surface area contributed by atoms with Gasteiger partial charge in [0.05, 0.1) is 12.6 Å². The number of hydrogen-bond acceptors (Lipinski definition) is 3. The van der Waals surface area contributed by atoms with Gasteiger partial charge in [-0.05, 0) is 24.6 Å². The molecule has 0 saturated heterocycles. The van der Waals surface area contributed by atoms with Crippen molar-refractivity contribution in [3.05, 3.63) is 78.4 Å². The van der Waals surface area contributed by atoms with Gasteiger partial charge in [-0.3, -0.25) is 0 Å². The summed E-state index contributed by atoms with van der Waals surface area (Å²) in [5.74, 6) is -0.326. The van der Waals surface area contributed by atoms with Crippen LogP contribution in [0.3, 0.4) is 0 Å². The van der Waals surface area contributed by atoms with Gasteiger partial charge in [-0.1, -0.05) is 54.6 Å². The number of anilines is 1. The molecule has 0 fully saturated rings. The van der Waals surface area contributed by atoms with E-state index < -0.39 is 0 Å². The summed E-state index contributed by atoms with van der Waals surface area (Å²) >= 11 is 0. The molecule has 0 saturated carbocycles. The Balaban J connectivity index is 2.17. The summed E-state index contributed by atoms with van der Waals surface area (Å²) < 4.78 is 4.92. The summed E-state index contributed by atoms with van der Waals surface area (Å²) in [5.41, 5.74) is 2.08. The average Bonchev–Trinajstić information content (AvgIpc) is 2.53. The maximum atomic E-state index is 11.5. The summed E-state index contributed by atoms with van der Waals surface area (Å²) in [6, 6.07) is 19.8. The van der Waals surface area contributed by atoms with Gasteiger partial charge in [0.2, 0.25) is 0 Å². The largest absolute Gasteiger partial charge is 0.463 e. The lowest BCUT2D eigenvalue weighted by atomic mass is 10.1. The van der Waals surface area contributed by atoms with Crippen LogP contribution < -0.4 is 5.32 Å². The Kier molecular flexibility index (Phi) is 5.59. The van der Waals surface area contributed by atoms with Gasteiger partial charge in [-0.25, -0.2) is 4.79 Å². The fraction of sp³-hybridized carbons (Fsp3) is 0.167. The number of hydrogen-bond donors (Lipinski definition) is 1. The molecule has 0 heterocycles. The number of nitrogens with one attached hydrogen (secondary N) is 1. The van der Waals surface area contributed by atoms with Crippen molar-refractivity contribution in [3.8, 4) is 0 Å². The van der Waals surface area contributed by atoms with Crippen molar-refractivity contribution in [3.63, 3.8) is 0 Å². The lowest BCUT2D eigenvalue weighted by Gasteiger charge is -2.17. The van der Waals surface area contributed by atoms with Crippen LogP contribution in [0.4, 0.5) is 5.69 Å². The van der Waals surface area contributed by atoms with E-state index in [0.29, 0.717) is 6.61 Å². The van der Waals surface area contributed by atoms with E-state index in [1.807, 2.05) is 66.7 Å². The molecule has 108 valence electrons. The van der Waals surface area contributed by atoms with Gasteiger partial charge >= 0.3 is 5.97 Å². The predicted octanol–water partition coefficient (Wildman–Crippen LogP) is 3.96. The number of ether oxygens (including phenoxy) is 1. The molecule has 0 aromatic heterocycles. The molecule has 3 heteroatoms. The Bertz CT molecular complexity index is 579. The van der Waals surface area contributed by atoms with Crippen LogP contribution in [0.5, 0.6) is 0 Å². The zero-order valence-electron chi connectivity index (χ0n) is 12.0. The van der Waals surface area contributed by atoms with Crippen molar-refractivity contribution in [1.29, 1.82) is 0 Å². The molecule has 0 aliphatic rings. The Morgan fingerprint density at radius 3 is 2.33 bits per heavy atom. The van der Waals surface area contributed by atoms with Gasteiger partial charge in [0.15, 0.2) is 0 Å². The van der Waals surface area contributed by atoms with Crippen LogP contribution in [0.25, 0.3) is 0 Å². The molecule has 2 aromatic carbocycles. The Morgan fingerprint density at radius 1 is 1.10 bits per heavy atom. The maximum Gasteiger partial charge on any atom is 0.330 e. The summed E-state index contributed by atoms with van der Waals surface area (Å²) in [6.45, 7) is 2.17. The highest BCUT2D eigenvalue weighted by Crippen LogP contribution is 2.20. The molecular weight excluding hydrogens is 262 g/mol. The molecule has 0 amide bonds. The third-order valence-electron chi connectivity index (χ3n) is 2.97. The van der Waals surface area contributed by atoms with Crippen LogP contribution in [0, 0.1) is 0 Å². The van der Waals surface area contributed by atoms with Gasteiger partial charge in [-0.15, -0.1) is 0 Å². The minimum atomic E-state index is -0.326. The van der Waals surface area contributed by atoms with Gasteiger partial charge in [0.1, 0.15) is 0 Å². The molecular formula is C18H19NO2. The van der Waals surface area contributed by atoms with Crippen molar-refractivity contribution in [2.45, 2.75) is 13.0 Å². The number of para-hydroxylation sites is 1. The van der Waals surface area contributed by atoms with Crippen molar-refractivity contribution >= 4 is 11.7 Å². The number of carbonyl (C=O) groups is 1. The normalized spacial score (nSPS) is 12.0. The lowest BCUT2D eigenvalue weighted by Crippen LogP contribution is -2.09. The number of esters is 1. The molecule has 0 aliphatic heterocycles. The third-order valence-corrected chi connectivity index (χ3v) is 2.97. The highest BCUT2D eigenvalue weighted by atomic mass is 16.5. The Labute approximate surface area is 125 Å². The van der Waals surface area contributed by atoms with E-state index >= 15 is 0 Å². The summed E-state index contributed by atoms with van der Waals surface area (Å²) in [4.78, 5) is 11.5. The minimum absolute atomic E-state index is 0.0852. The first-order valence-corrected chi connectivity index (χ1v) is 7.01. The zero-order valence-corrected chi connectivity index (χ0v) is 12.0. The molecule has 1 atom stereocenters. The Morgan fingerprint density at radius 2 is 1.71 bits per heavy atom. The summed E-state index contributed by atoms with van der Waals surface area (Å²) in [6.07, 6.45) is 3.29. The first kappa shape index (κ1) is 14.9. The van der Waals surface area contributed by atoms with Gasteiger partial charge < -0.3 is 10.1 Å². The summed E-state index contributed by atoms with van der Waals surface area (Å²) in [5, 5.41) is 3.40. The Hall–Kier alpha value is -2.55. The SMILES string of the molecule is CCOC(=O)/C=C/C(Nc1ccccc1)c1ccccc1. The van der Waals surface area contributed by atoms with E-state index in [0.717, 1.165) is 11.3 Å². The average molecular weight is 281 g/mol. The second-order valence-electron chi connectivity index (χ2n) is 4.51. The predicted molar refractivity (Wildman–Crippen MR) is 85.0 cm³/mol. The molecule has 21 heavy (non-hydrogen) atoms. The first-order chi connectivity index (χ1) is 10.3. The second-order valence-corrected chi connectivity index (χ2v) is 4.51. The van der Waals surface area contributed by atoms with Crippen LogP contribution in [-0.2, 0) is 9.53 Å². The first-order valence-electron chi connectivity index (χ1n) is 7.01. The maximum absolute atomic E-state index is 11.5. The van der Waals surface area contributed by atoms with Crippen LogP contribution in [0.15, 0.2) is 72.8 Å². The second kappa shape index (κ2) is 7.90. The highest BCUT2D eigenvalue weighted by Gasteiger charge is 2.08. The topological polar surface area (TPSA) is 38.3 Å². The quantitative estimate of drug-likeness (QED) is 0.643. The molecule has 1 N–H and O–H groups in total. The fourth-order valence-electron chi connectivity index (χ4n) is 1.98. The van der Waals surface area contributed by atoms with E-state index in [1.54, 1.807) is 6.92 Å². The van der Waals surface area contributed by atoms with E-state index in [4.69, 9.17) is 4.74 Å². The van der Waals surface area contributed by atoms with Gasteiger partial charge in [-0.2, -0.15) is 0 Å². The van der Waals surface area contributed by atoms with Crippen molar-refractivity contribution < 1.29 is 9.53 Å². The van der Waals surface area contributed by atoms with Crippen LogP contribution >= 0.6 is 0 Å². The van der Waals surface area contributed by atoms with E-state index in [-0.39, 0.29) is 12.0 Å². The molecule has 2 aromatic rings. The number of rotatable bonds is 6. The van der Waals surface area contributed by atoms with Crippen LogP contribution in [0.2, 0.25) is 0 Å². The van der Waals surface area contributed by atoms with E-state index in [9.17, 15) is 4.79 Å². The van der Waals surface area contributed by atoms with Crippen LogP contribution in [-0.4, -0.2) is 12.6 Å². The number of benzene rings is 2.